The molecule has 0 amide bonds. The summed E-state index contributed by atoms with van der Waals surface area (Å²) >= 11 is 0. The standard InChI is InChI=1S/C14H26N2O3/c1-10-8-16(9-11(2)19-10)12-5-6-14(7-12,15-3)13(17)18-4/h10-12,15H,5-9H2,1-4H3. The van der Waals surface area contributed by atoms with E-state index >= 15 is 0 Å². The maximum absolute atomic E-state index is 12.0. The molecule has 0 aromatic rings. The lowest BCUT2D eigenvalue weighted by Gasteiger charge is -2.39. The van der Waals surface area contributed by atoms with Gasteiger partial charge in [0.2, 0.25) is 0 Å². The Hall–Kier alpha value is -0.650. The zero-order chi connectivity index (χ0) is 14.0. The van der Waals surface area contributed by atoms with Gasteiger partial charge < -0.3 is 14.8 Å². The van der Waals surface area contributed by atoms with Gasteiger partial charge in [0, 0.05) is 19.1 Å². The minimum atomic E-state index is -0.496. The number of likely N-dealkylation sites (N-methyl/N-ethyl adjacent to an activating group) is 1. The van der Waals surface area contributed by atoms with Crippen molar-refractivity contribution < 1.29 is 14.3 Å². The molecule has 2 fully saturated rings. The monoisotopic (exact) mass is 270 g/mol. The Bertz CT molecular complexity index is 327. The molecule has 0 aromatic carbocycles. The summed E-state index contributed by atoms with van der Waals surface area (Å²) in [5, 5.41) is 3.19. The summed E-state index contributed by atoms with van der Waals surface area (Å²) in [5.41, 5.74) is -0.496. The second-order valence-electron chi connectivity index (χ2n) is 5.93. The number of hydrogen-bond acceptors (Lipinski definition) is 5. The Morgan fingerprint density at radius 2 is 2.00 bits per heavy atom. The first-order chi connectivity index (χ1) is 9.00. The van der Waals surface area contributed by atoms with Crippen LogP contribution >= 0.6 is 0 Å². The molecule has 1 aliphatic heterocycles. The number of methoxy groups -OCH3 is 1. The van der Waals surface area contributed by atoms with E-state index in [9.17, 15) is 4.79 Å². The summed E-state index contributed by atoms with van der Waals surface area (Å²) in [5.74, 6) is -0.133. The van der Waals surface area contributed by atoms with Crippen LogP contribution in [-0.4, -0.2) is 61.9 Å². The van der Waals surface area contributed by atoms with Gasteiger partial charge in [-0.15, -0.1) is 0 Å². The van der Waals surface area contributed by atoms with Gasteiger partial charge in [-0.3, -0.25) is 9.69 Å². The number of esters is 1. The zero-order valence-electron chi connectivity index (χ0n) is 12.4. The molecule has 1 saturated heterocycles. The van der Waals surface area contributed by atoms with Crippen molar-refractivity contribution in [1.82, 2.24) is 10.2 Å². The lowest BCUT2D eigenvalue weighted by Crippen LogP contribution is -2.53. The molecule has 2 rings (SSSR count). The number of carbonyl (C=O) groups is 1. The maximum atomic E-state index is 12.0. The largest absolute Gasteiger partial charge is 0.468 e. The Morgan fingerprint density at radius 3 is 2.53 bits per heavy atom. The van der Waals surface area contributed by atoms with E-state index in [1.54, 1.807) is 0 Å². The van der Waals surface area contributed by atoms with Crippen molar-refractivity contribution in [2.24, 2.45) is 0 Å². The third-order valence-corrected chi connectivity index (χ3v) is 4.51. The van der Waals surface area contributed by atoms with Crippen LogP contribution in [0.5, 0.6) is 0 Å². The van der Waals surface area contributed by atoms with Crippen molar-refractivity contribution in [1.29, 1.82) is 0 Å². The van der Waals surface area contributed by atoms with Gasteiger partial charge in [-0.1, -0.05) is 0 Å². The van der Waals surface area contributed by atoms with Crippen LogP contribution in [0.3, 0.4) is 0 Å². The fourth-order valence-corrected chi connectivity index (χ4v) is 3.56. The molecular formula is C14H26N2O3. The van der Waals surface area contributed by atoms with Crippen LogP contribution in [0.25, 0.3) is 0 Å². The molecule has 19 heavy (non-hydrogen) atoms. The highest BCUT2D eigenvalue weighted by atomic mass is 16.5. The molecule has 1 heterocycles. The number of nitrogens with one attached hydrogen (secondary N) is 1. The zero-order valence-corrected chi connectivity index (χ0v) is 12.4. The first-order valence-corrected chi connectivity index (χ1v) is 7.17. The third kappa shape index (κ3) is 2.93. The molecule has 5 nitrogen and oxygen atoms in total. The van der Waals surface area contributed by atoms with Gasteiger partial charge in [-0.2, -0.15) is 0 Å². The first-order valence-electron chi connectivity index (χ1n) is 7.17. The SMILES string of the molecule is CNC1(C(=O)OC)CCC(N2CC(C)OC(C)C2)C1. The highest BCUT2D eigenvalue weighted by Crippen LogP contribution is 2.35. The van der Waals surface area contributed by atoms with E-state index in [-0.39, 0.29) is 18.2 Å². The van der Waals surface area contributed by atoms with Gasteiger partial charge >= 0.3 is 5.97 Å². The molecule has 1 aliphatic carbocycles. The number of rotatable bonds is 3. The van der Waals surface area contributed by atoms with Gasteiger partial charge in [0.1, 0.15) is 5.54 Å². The van der Waals surface area contributed by atoms with Gasteiger partial charge in [-0.05, 0) is 40.2 Å². The molecule has 0 spiro atoms. The van der Waals surface area contributed by atoms with Gasteiger partial charge in [0.15, 0.2) is 0 Å². The highest BCUT2D eigenvalue weighted by molar-refractivity contribution is 5.81. The van der Waals surface area contributed by atoms with E-state index in [1.807, 2.05) is 7.05 Å². The predicted octanol–water partition coefficient (Wildman–Crippen LogP) is 0.779. The van der Waals surface area contributed by atoms with Crippen LogP contribution in [0.2, 0.25) is 0 Å². The topological polar surface area (TPSA) is 50.8 Å². The lowest BCUT2D eigenvalue weighted by atomic mass is 9.97. The van der Waals surface area contributed by atoms with Crippen molar-refractivity contribution in [3.63, 3.8) is 0 Å². The molecule has 5 heteroatoms. The second kappa shape index (κ2) is 5.77. The summed E-state index contributed by atoms with van der Waals surface area (Å²) in [7, 11) is 3.32. The average Bonchev–Trinajstić information content (AvgIpc) is 2.82. The molecule has 110 valence electrons. The van der Waals surface area contributed by atoms with Crippen LogP contribution in [0.4, 0.5) is 0 Å². The van der Waals surface area contributed by atoms with E-state index in [4.69, 9.17) is 9.47 Å². The molecule has 1 N–H and O–H groups in total. The molecule has 2 aliphatic rings. The maximum Gasteiger partial charge on any atom is 0.326 e. The van der Waals surface area contributed by atoms with Crippen molar-refractivity contribution in [2.75, 3.05) is 27.2 Å². The summed E-state index contributed by atoms with van der Waals surface area (Å²) < 4.78 is 10.7. The summed E-state index contributed by atoms with van der Waals surface area (Å²) in [6.07, 6.45) is 3.25. The van der Waals surface area contributed by atoms with Crippen LogP contribution in [0, 0.1) is 0 Å². The third-order valence-electron chi connectivity index (χ3n) is 4.51. The van der Waals surface area contributed by atoms with Crippen molar-refractivity contribution in [3.8, 4) is 0 Å². The Morgan fingerprint density at radius 1 is 1.37 bits per heavy atom. The van der Waals surface area contributed by atoms with Crippen LogP contribution in [0.1, 0.15) is 33.1 Å². The number of morpholine rings is 1. The highest BCUT2D eigenvalue weighted by Gasteiger charge is 2.47. The van der Waals surface area contributed by atoms with E-state index in [1.165, 1.54) is 7.11 Å². The Balaban J connectivity index is 2.02. The minimum absolute atomic E-state index is 0.133. The molecular weight excluding hydrogens is 244 g/mol. The van der Waals surface area contributed by atoms with Crippen molar-refractivity contribution in [3.05, 3.63) is 0 Å². The smallest absolute Gasteiger partial charge is 0.326 e. The van der Waals surface area contributed by atoms with Crippen molar-refractivity contribution in [2.45, 2.75) is 56.9 Å². The fourth-order valence-electron chi connectivity index (χ4n) is 3.56. The Kier molecular flexibility index (Phi) is 4.48. The van der Waals surface area contributed by atoms with Crippen LogP contribution < -0.4 is 5.32 Å². The summed E-state index contributed by atoms with van der Waals surface area (Å²) in [6, 6.07) is 0.445. The number of nitrogens with zero attached hydrogens (tertiary/aromatic N) is 1. The van der Waals surface area contributed by atoms with Gasteiger partial charge in [-0.25, -0.2) is 0 Å². The van der Waals surface area contributed by atoms with E-state index in [0.717, 1.165) is 32.4 Å². The molecule has 4 unspecified atom stereocenters. The quantitative estimate of drug-likeness (QED) is 0.768. The number of hydrogen-bond donors (Lipinski definition) is 1. The Labute approximate surface area is 115 Å². The summed E-state index contributed by atoms with van der Waals surface area (Å²) in [6.45, 7) is 6.14. The van der Waals surface area contributed by atoms with Gasteiger partial charge in [0.05, 0.1) is 19.3 Å². The number of ether oxygens (including phenoxy) is 2. The normalized spacial score (nSPS) is 40.3. The summed E-state index contributed by atoms with van der Waals surface area (Å²) in [4.78, 5) is 14.5. The minimum Gasteiger partial charge on any atom is -0.468 e. The molecule has 0 bridgehead atoms. The van der Waals surface area contributed by atoms with Crippen molar-refractivity contribution >= 4 is 5.97 Å². The average molecular weight is 270 g/mol. The first kappa shape index (κ1) is 14.8. The molecule has 4 atom stereocenters. The van der Waals surface area contributed by atoms with E-state index in [2.05, 4.69) is 24.1 Å². The molecule has 0 aromatic heterocycles. The van der Waals surface area contributed by atoms with Crippen LogP contribution in [-0.2, 0) is 14.3 Å². The van der Waals surface area contributed by atoms with E-state index in [0.29, 0.717) is 6.04 Å². The molecule has 0 radical (unpaired) electrons. The predicted molar refractivity (Wildman–Crippen MR) is 73.0 cm³/mol. The molecule has 1 saturated carbocycles. The lowest BCUT2D eigenvalue weighted by molar-refractivity contribution is -0.148. The number of carbonyl (C=O) groups excluding carboxylic acids is 1. The van der Waals surface area contributed by atoms with Crippen LogP contribution in [0.15, 0.2) is 0 Å². The van der Waals surface area contributed by atoms with E-state index < -0.39 is 5.54 Å². The van der Waals surface area contributed by atoms with Gasteiger partial charge in [0.25, 0.3) is 0 Å². The second-order valence-corrected chi connectivity index (χ2v) is 5.93. The fraction of sp³-hybridized carbons (Fsp3) is 0.929.